The van der Waals surface area contributed by atoms with Crippen molar-refractivity contribution in [3.63, 3.8) is 0 Å². The number of hydrogen-bond acceptors (Lipinski definition) is 5. The molecule has 1 N–H and O–H groups in total. The van der Waals surface area contributed by atoms with Crippen LogP contribution in [-0.2, 0) is 20.9 Å². The summed E-state index contributed by atoms with van der Waals surface area (Å²) < 4.78 is 4.84. The standard InChI is InChI=1S/C22H33N3O3/c1-17(25-14-8-19(9-15-25)22(27)28-2)21(26)23-20-10-12-24(13-11-20)16-18-6-4-3-5-7-18/h3-7,17,19-20H,8-16H2,1-2H3,(H,23,26). The SMILES string of the molecule is COC(=O)C1CCN(C(C)C(=O)NC2CCN(Cc3ccccc3)CC2)CC1. The van der Waals surface area contributed by atoms with E-state index in [1.807, 2.05) is 13.0 Å². The Kier molecular flexibility index (Phi) is 7.45. The van der Waals surface area contributed by atoms with Gasteiger partial charge in [0.05, 0.1) is 19.1 Å². The van der Waals surface area contributed by atoms with Crippen LogP contribution in [0, 0.1) is 5.92 Å². The average Bonchev–Trinajstić information content (AvgIpc) is 2.75. The smallest absolute Gasteiger partial charge is 0.308 e. The average molecular weight is 388 g/mol. The summed E-state index contributed by atoms with van der Waals surface area (Å²) in [6.07, 6.45) is 3.52. The summed E-state index contributed by atoms with van der Waals surface area (Å²) in [7, 11) is 1.44. The molecule has 0 aromatic heterocycles. The first-order valence-corrected chi connectivity index (χ1v) is 10.5. The first kappa shape index (κ1) is 20.8. The molecule has 6 heteroatoms. The Labute approximate surface area is 168 Å². The Morgan fingerprint density at radius 3 is 2.32 bits per heavy atom. The second kappa shape index (κ2) is 10.0. The van der Waals surface area contributed by atoms with Crippen LogP contribution in [0.2, 0.25) is 0 Å². The molecule has 2 fully saturated rings. The van der Waals surface area contributed by atoms with Crippen LogP contribution in [0.3, 0.4) is 0 Å². The summed E-state index contributed by atoms with van der Waals surface area (Å²) in [5.74, 6) is -0.0394. The first-order valence-electron chi connectivity index (χ1n) is 10.5. The topological polar surface area (TPSA) is 61.9 Å². The number of nitrogens with one attached hydrogen (secondary N) is 1. The van der Waals surface area contributed by atoms with Crippen LogP contribution in [0.25, 0.3) is 0 Å². The van der Waals surface area contributed by atoms with Gasteiger partial charge in [-0.05, 0) is 51.3 Å². The van der Waals surface area contributed by atoms with E-state index >= 15 is 0 Å². The molecule has 154 valence electrons. The summed E-state index contributed by atoms with van der Waals surface area (Å²) in [6.45, 7) is 6.51. The highest BCUT2D eigenvalue weighted by molar-refractivity contribution is 5.81. The zero-order valence-corrected chi connectivity index (χ0v) is 17.1. The molecule has 0 spiro atoms. The molecule has 6 nitrogen and oxygen atoms in total. The summed E-state index contributed by atoms with van der Waals surface area (Å²) >= 11 is 0. The van der Waals surface area contributed by atoms with Crippen molar-refractivity contribution < 1.29 is 14.3 Å². The molecule has 2 heterocycles. The summed E-state index contributed by atoms with van der Waals surface area (Å²) in [6, 6.07) is 10.6. The zero-order chi connectivity index (χ0) is 19.9. The van der Waals surface area contributed by atoms with E-state index in [1.54, 1.807) is 0 Å². The Morgan fingerprint density at radius 2 is 1.71 bits per heavy atom. The molecule has 1 atom stereocenters. The van der Waals surface area contributed by atoms with Crippen LogP contribution in [0.5, 0.6) is 0 Å². The number of rotatable bonds is 6. The van der Waals surface area contributed by atoms with Crippen molar-refractivity contribution in [2.75, 3.05) is 33.3 Å². The van der Waals surface area contributed by atoms with Crippen molar-refractivity contribution in [1.29, 1.82) is 0 Å². The van der Waals surface area contributed by atoms with Crippen LogP contribution in [0.15, 0.2) is 30.3 Å². The Bertz CT molecular complexity index is 636. The predicted molar refractivity (Wildman–Crippen MR) is 109 cm³/mol. The molecular weight excluding hydrogens is 354 g/mol. The van der Waals surface area contributed by atoms with Gasteiger partial charge in [-0.3, -0.25) is 19.4 Å². The summed E-state index contributed by atoms with van der Waals surface area (Å²) in [4.78, 5) is 29.0. The van der Waals surface area contributed by atoms with Crippen molar-refractivity contribution in [2.45, 2.75) is 51.2 Å². The van der Waals surface area contributed by atoms with E-state index in [4.69, 9.17) is 4.74 Å². The second-order valence-corrected chi connectivity index (χ2v) is 8.05. The molecule has 0 radical (unpaired) electrons. The third kappa shape index (κ3) is 5.55. The predicted octanol–water partition coefficient (Wildman–Crippen LogP) is 2.04. The van der Waals surface area contributed by atoms with Crippen LogP contribution in [-0.4, -0.2) is 67.0 Å². The van der Waals surface area contributed by atoms with Crippen molar-refractivity contribution in [3.8, 4) is 0 Å². The fourth-order valence-corrected chi connectivity index (χ4v) is 4.25. The van der Waals surface area contributed by atoms with Gasteiger partial charge in [0, 0.05) is 25.7 Å². The number of benzene rings is 1. The van der Waals surface area contributed by atoms with Crippen LogP contribution >= 0.6 is 0 Å². The Balaban J connectivity index is 1.39. The van der Waals surface area contributed by atoms with Gasteiger partial charge in [-0.25, -0.2) is 0 Å². The minimum absolute atomic E-state index is 0.0227. The Morgan fingerprint density at radius 1 is 1.07 bits per heavy atom. The highest BCUT2D eigenvalue weighted by Crippen LogP contribution is 2.20. The maximum Gasteiger partial charge on any atom is 0.308 e. The molecule has 2 aliphatic heterocycles. The van der Waals surface area contributed by atoms with E-state index < -0.39 is 0 Å². The normalized spacial score (nSPS) is 21.2. The molecule has 0 aliphatic carbocycles. The van der Waals surface area contributed by atoms with E-state index in [-0.39, 0.29) is 29.9 Å². The largest absolute Gasteiger partial charge is 0.469 e. The number of methoxy groups -OCH3 is 1. The third-order valence-electron chi connectivity index (χ3n) is 6.17. The van der Waals surface area contributed by atoms with Gasteiger partial charge in [-0.1, -0.05) is 30.3 Å². The van der Waals surface area contributed by atoms with Crippen molar-refractivity contribution >= 4 is 11.9 Å². The highest BCUT2D eigenvalue weighted by atomic mass is 16.5. The Hall–Kier alpha value is -1.92. The summed E-state index contributed by atoms with van der Waals surface area (Å²) in [5.41, 5.74) is 1.34. The monoisotopic (exact) mass is 387 g/mol. The van der Waals surface area contributed by atoms with Crippen LogP contribution in [0.1, 0.15) is 38.2 Å². The molecule has 0 bridgehead atoms. The quantitative estimate of drug-likeness (QED) is 0.757. The van der Waals surface area contributed by atoms with Gasteiger partial charge in [0.25, 0.3) is 0 Å². The fraction of sp³-hybridized carbons (Fsp3) is 0.636. The van der Waals surface area contributed by atoms with Gasteiger partial charge in [-0.15, -0.1) is 0 Å². The lowest BCUT2D eigenvalue weighted by Gasteiger charge is -2.36. The number of carbonyl (C=O) groups excluding carboxylic acids is 2. The lowest BCUT2D eigenvalue weighted by Crippen LogP contribution is -2.52. The van der Waals surface area contributed by atoms with Crippen LogP contribution < -0.4 is 5.32 Å². The number of esters is 1. The van der Waals surface area contributed by atoms with E-state index in [0.717, 1.165) is 58.4 Å². The lowest BCUT2D eigenvalue weighted by molar-refractivity contribution is -0.147. The third-order valence-corrected chi connectivity index (χ3v) is 6.17. The molecule has 2 saturated heterocycles. The summed E-state index contributed by atoms with van der Waals surface area (Å²) in [5, 5.41) is 3.25. The maximum absolute atomic E-state index is 12.7. The number of amides is 1. The van der Waals surface area contributed by atoms with Crippen molar-refractivity contribution in [1.82, 2.24) is 15.1 Å². The first-order chi connectivity index (χ1) is 13.6. The highest BCUT2D eigenvalue weighted by Gasteiger charge is 2.31. The number of carbonyl (C=O) groups is 2. The number of nitrogens with zero attached hydrogens (tertiary/aromatic N) is 2. The molecular formula is C22H33N3O3. The number of likely N-dealkylation sites (tertiary alicyclic amines) is 2. The van der Waals surface area contributed by atoms with Crippen molar-refractivity contribution in [2.24, 2.45) is 5.92 Å². The van der Waals surface area contributed by atoms with Crippen LogP contribution in [0.4, 0.5) is 0 Å². The molecule has 3 rings (SSSR count). The molecule has 0 saturated carbocycles. The minimum atomic E-state index is -0.152. The fourth-order valence-electron chi connectivity index (χ4n) is 4.25. The number of hydrogen-bond donors (Lipinski definition) is 1. The van der Waals surface area contributed by atoms with E-state index in [9.17, 15) is 9.59 Å². The maximum atomic E-state index is 12.7. The molecule has 2 aliphatic rings. The zero-order valence-electron chi connectivity index (χ0n) is 17.1. The molecule has 28 heavy (non-hydrogen) atoms. The lowest BCUT2D eigenvalue weighted by atomic mass is 9.96. The minimum Gasteiger partial charge on any atom is -0.469 e. The number of piperidine rings is 2. The molecule has 1 amide bonds. The van der Waals surface area contributed by atoms with Gasteiger partial charge in [0.1, 0.15) is 0 Å². The van der Waals surface area contributed by atoms with Gasteiger partial charge in [0.15, 0.2) is 0 Å². The molecule has 1 aromatic rings. The second-order valence-electron chi connectivity index (χ2n) is 8.05. The van der Waals surface area contributed by atoms with Crippen molar-refractivity contribution in [3.05, 3.63) is 35.9 Å². The van der Waals surface area contributed by atoms with Gasteiger partial charge >= 0.3 is 5.97 Å². The number of ether oxygens (including phenoxy) is 1. The van der Waals surface area contributed by atoms with E-state index in [2.05, 4.69) is 39.4 Å². The molecule has 1 unspecified atom stereocenters. The van der Waals surface area contributed by atoms with Gasteiger partial charge < -0.3 is 10.1 Å². The van der Waals surface area contributed by atoms with E-state index in [1.165, 1.54) is 12.7 Å². The van der Waals surface area contributed by atoms with E-state index in [0.29, 0.717) is 0 Å². The van der Waals surface area contributed by atoms with Gasteiger partial charge in [0.2, 0.25) is 5.91 Å². The molecule has 1 aromatic carbocycles. The van der Waals surface area contributed by atoms with Gasteiger partial charge in [-0.2, -0.15) is 0 Å².